The number of piperidine rings is 1. The lowest BCUT2D eigenvalue weighted by Crippen LogP contribution is -2.49. The van der Waals surface area contributed by atoms with Crippen LogP contribution in [0.15, 0.2) is 0 Å². The van der Waals surface area contributed by atoms with E-state index in [1.807, 2.05) is 11.9 Å². The molecule has 3 heterocycles. The molecular formula is C16H25ClF2N4O. The van der Waals surface area contributed by atoms with E-state index in [1.54, 1.807) is 13.8 Å². The summed E-state index contributed by atoms with van der Waals surface area (Å²) < 4.78 is 26.5. The highest BCUT2D eigenvalue weighted by Crippen LogP contribution is 2.30. The topological polar surface area (TPSA) is 50.2 Å². The molecule has 1 aromatic rings. The Morgan fingerprint density at radius 2 is 1.92 bits per heavy atom. The van der Waals surface area contributed by atoms with Gasteiger partial charge in [0.15, 0.2) is 0 Å². The number of aromatic nitrogens is 2. The Labute approximate surface area is 147 Å². The van der Waals surface area contributed by atoms with E-state index in [-0.39, 0.29) is 30.8 Å². The molecule has 2 aliphatic heterocycles. The fourth-order valence-corrected chi connectivity index (χ4v) is 3.97. The number of carbonyl (C=O) groups excluding carboxylic acids is 1. The van der Waals surface area contributed by atoms with Crippen molar-refractivity contribution in [3.63, 3.8) is 0 Å². The zero-order chi connectivity index (χ0) is 16.7. The molecule has 2 atom stereocenters. The number of hydrogen-bond acceptors (Lipinski definition) is 3. The number of likely N-dealkylation sites (N-methyl/N-ethyl adjacent to an activating group) is 1. The van der Waals surface area contributed by atoms with Crippen LogP contribution in [-0.4, -0.2) is 45.8 Å². The minimum absolute atomic E-state index is 0. The standard InChI is InChI=1S/C16H24F2N4O.ClH/c1-9-14(10(2)22(20-9)16(17)18)8-15(23)21(3)13-6-11-4-5-12(7-13)19-11;/h11-13,16,19H,4-8H2,1-3H3;1H. The molecule has 2 bridgehead atoms. The van der Waals surface area contributed by atoms with Crippen LogP contribution >= 0.6 is 12.4 Å². The Bertz CT molecular complexity index is 595. The summed E-state index contributed by atoms with van der Waals surface area (Å²) in [5.41, 5.74) is 1.51. The van der Waals surface area contributed by atoms with E-state index in [2.05, 4.69) is 10.4 Å². The number of nitrogens with zero attached hydrogens (tertiary/aromatic N) is 3. The average Bonchev–Trinajstić information content (AvgIpc) is 2.99. The Morgan fingerprint density at radius 3 is 2.42 bits per heavy atom. The molecule has 3 rings (SSSR count). The summed E-state index contributed by atoms with van der Waals surface area (Å²) in [6.07, 6.45) is 4.46. The molecule has 0 aliphatic carbocycles. The summed E-state index contributed by atoms with van der Waals surface area (Å²) >= 11 is 0. The van der Waals surface area contributed by atoms with Crippen molar-refractivity contribution >= 4 is 18.3 Å². The van der Waals surface area contributed by atoms with Crippen LogP contribution < -0.4 is 5.32 Å². The largest absolute Gasteiger partial charge is 0.342 e. The van der Waals surface area contributed by atoms with Gasteiger partial charge in [0, 0.05) is 36.4 Å². The molecule has 2 saturated heterocycles. The molecule has 5 nitrogen and oxygen atoms in total. The molecule has 0 spiro atoms. The van der Waals surface area contributed by atoms with Crippen molar-refractivity contribution in [3.8, 4) is 0 Å². The number of amides is 1. The van der Waals surface area contributed by atoms with Crippen LogP contribution in [0.2, 0.25) is 0 Å². The molecule has 0 saturated carbocycles. The van der Waals surface area contributed by atoms with E-state index in [0.29, 0.717) is 33.7 Å². The molecule has 0 radical (unpaired) electrons. The second-order valence-corrected chi connectivity index (χ2v) is 6.82. The number of hydrogen-bond donors (Lipinski definition) is 1. The highest BCUT2D eigenvalue weighted by molar-refractivity contribution is 5.85. The number of aryl methyl sites for hydroxylation is 1. The number of nitrogens with one attached hydrogen (secondary N) is 1. The van der Waals surface area contributed by atoms with E-state index in [4.69, 9.17) is 0 Å². The van der Waals surface area contributed by atoms with Crippen LogP contribution in [0, 0.1) is 13.8 Å². The molecule has 2 fully saturated rings. The highest BCUT2D eigenvalue weighted by Gasteiger charge is 2.36. The Kier molecular flexibility index (Phi) is 5.86. The maximum atomic E-state index is 12.9. The van der Waals surface area contributed by atoms with Gasteiger partial charge in [-0.25, -0.2) is 4.68 Å². The molecule has 1 amide bonds. The van der Waals surface area contributed by atoms with E-state index in [0.717, 1.165) is 12.8 Å². The molecule has 1 aromatic heterocycles. The fourth-order valence-electron chi connectivity index (χ4n) is 3.97. The van der Waals surface area contributed by atoms with Gasteiger partial charge < -0.3 is 10.2 Å². The van der Waals surface area contributed by atoms with Crippen molar-refractivity contribution in [1.82, 2.24) is 20.0 Å². The molecule has 2 aliphatic rings. The monoisotopic (exact) mass is 362 g/mol. The predicted molar refractivity (Wildman–Crippen MR) is 89.6 cm³/mol. The van der Waals surface area contributed by atoms with Gasteiger partial charge in [-0.05, 0) is 39.5 Å². The van der Waals surface area contributed by atoms with Crippen LogP contribution in [0.5, 0.6) is 0 Å². The molecule has 1 N–H and O–H groups in total. The summed E-state index contributed by atoms with van der Waals surface area (Å²) in [6.45, 7) is 0.606. The Morgan fingerprint density at radius 1 is 1.33 bits per heavy atom. The van der Waals surface area contributed by atoms with E-state index in [1.165, 1.54) is 12.8 Å². The Balaban J connectivity index is 0.00000208. The van der Waals surface area contributed by atoms with Crippen LogP contribution in [0.25, 0.3) is 0 Å². The third kappa shape index (κ3) is 3.57. The maximum absolute atomic E-state index is 12.9. The molecule has 24 heavy (non-hydrogen) atoms. The van der Waals surface area contributed by atoms with Crippen molar-refractivity contribution in [2.24, 2.45) is 0 Å². The summed E-state index contributed by atoms with van der Waals surface area (Å²) in [5.74, 6) is -0.0173. The van der Waals surface area contributed by atoms with Gasteiger partial charge in [-0.15, -0.1) is 12.4 Å². The van der Waals surface area contributed by atoms with Crippen molar-refractivity contribution in [1.29, 1.82) is 0 Å². The average molecular weight is 363 g/mol. The normalized spacial score (nSPS) is 25.7. The predicted octanol–water partition coefficient (Wildman–Crippen LogP) is 2.60. The van der Waals surface area contributed by atoms with Crippen molar-refractivity contribution in [3.05, 3.63) is 17.0 Å². The SMILES string of the molecule is Cc1nn(C(F)F)c(C)c1CC(=O)N(C)C1CC2CCC(C1)N2.Cl. The molecular weight excluding hydrogens is 338 g/mol. The first kappa shape index (κ1) is 19.1. The lowest BCUT2D eigenvalue weighted by atomic mass is 9.98. The summed E-state index contributed by atoms with van der Waals surface area (Å²) in [5, 5.41) is 7.42. The minimum Gasteiger partial charge on any atom is -0.342 e. The lowest BCUT2D eigenvalue weighted by molar-refractivity contribution is -0.132. The Hall–Kier alpha value is -1.21. The quantitative estimate of drug-likeness (QED) is 0.895. The maximum Gasteiger partial charge on any atom is 0.333 e. The highest BCUT2D eigenvalue weighted by atomic mass is 35.5. The summed E-state index contributed by atoms with van der Waals surface area (Å²) in [4.78, 5) is 14.4. The van der Waals surface area contributed by atoms with E-state index in [9.17, 15) is 13.6 Å². The third-order valence-electron chi connectivity index (χ3n) is 5.38. The number of alkyl halides is 2. The van der Waals surface area contributed by atoms with Gasteiger partial charge in [-0.2, -0.15) is 13.9 Å². The van der Waals surface area contributed by atoms with Crippen LogP contribution in [0.1, 0.15) is 49.2 Å². The van der Waals surface area contributed by atoms with E-state index >= 15 is 0 Å². The molecule has 0 aromatic carbocycles. The first-order chi connectivity index (χ1) is 10.9. The van der Waals surface area contributed by atoms with E-state index < -0.39 is 6.55 Å². The van der Waals surface area contributed by atoms with Gasteiger partial charge in [0.2, 0.25) is 5.91 Å². The first-order valence-corrected chi connectivity index (χ1v) is 8.21. The number of halogens is 3. The van der Waals surface area contributed by atoms with Gasteiger partial charge in [-0.1, -0.05) is 0 Å². The smallest absolute Gasteiger partial charge is 0.333 e. The molecule has 2 unspecified atom stereocenters. The first-order valence-electron chi connectivity index (χ1n) is 8.21. The molecule has 136 valence electrons. The lowest BCUT2D eigenvalue weighted by Gasteiger charge is -2.35. The number of carbonyl (C=O) groups is 1. The number of fused-ring (bicyclic) bond motifs is 2. The van der Waals surface area contributed by atoms with Gasteiger partial charge in [0.25, 0.3) is 0 Å². The minimum atomic E-state index is -2.67. The van der Waals surface area contributed by atoms with Crippen molar-refractivity contribution < 1.29 is 13.6 Å². The second kappa shape index (κ2) is 7.35. The van der Waals surface area contributed by atoms with Gasteiger partial charge >= 0.3 is 6.55 Å². The summed E-state index contributed by atoms with van der Waals surface area (Å²) in [6, 6.07) is 1.27. The zero-order valence-electron chi connectivity index (χ0n) is 14.3. The van der Waals surface area contributed by atoms with Crippen LogP contribution in [0.3, 0.4) is 0 Å². The van der Waals surface area contributed by atoms with Gasteiger partial charge in [0.1, 0.15) is 0 Å². The van der Waals surface area contributed by atoms with Crippen molar-refractivity contribution in [2.45, 2.75) is 70.6 Å². The fraction of sp³-hybridized carbons (Fsp3) is 0.750. The van der Waals surface area contributed by atoms with Gasteiger partial charge in [0.05, 0.1) is 12.1 Å². The van der Waals surface area contributed by atoms with Crippen molar-refractivity contribution in [2.75, 3.05) is 7.05 Å². The second-order valence-electron chi connectivity index (χ2n) is 6.82. The number of rotatable bonds is 4. The third-order valence-corrected chi connectivity index (χ3v) is 5.38. The van der Waals surface area contributed by atoms with Crippen LogP contribution in [0.4, 0.5) is 8.78 Å². The van der Waals surface area contributed by atoms with Gasteiger partial charge in [-0.3, -0.25) is 4.79 Å². The zero-order valence-corrected chi connectivity index (χ0v) is 15.1. The summed E-state index contributed by atoms with van der Waals surface area (Å²) in [7, 11) is 1.83. The van der Waals surface area contributed by atoms with Crippen LogP contribution in [-0.2, 0) is 11.2 Å². The molecule has 8 heteroatoms.